The van der Waals surface area contributed by atoms with E-state index in [2.05, 4.69) is 44.8 Å². The Kier molecular flexibility index (Phi) is 4.34. The Morgan fingerprint density at radius 3 is 2.95 bits per heavy atom. The Hall–Kier alpha value is -0.580. The summed E-state index contributed by atoms with van der Waals surface area (Å²) in [5.74, 6) is 0. The van der Waals surface area contributed by atoms with Crippen LogP contribution in [-0.4, -0.2) is 41.7 Å². The molecule has 2 saturated heterocycles. The van der Waals surface area contributed by atoms with Crippen LogP contribution in [0.15, 0.2) is 22.7 Å². The molecular formula is C16H23BrN2O. The summed E-state index contributed by atoms with van der Waals surface area (Å²) in [7, 11) is 0. The van der Waals surface area contributed by atoms with Gasteiger partial charge in [0.1, 0.15) is 0 Å². The first-order valence-electron chi connectivity index (χ1n) is 7.59. The van der Waals surface area contributed by atoms with Crippen LogP contribution in [0.3, 0.4) is 0 Å². The zero-order chi connectivity index (χ0) is 14.1. The van der Waals surface area contributed by atoms with E-state index in [9.17, 15) is 5.11 Å². The fourth-order valence-corrected chi connectivity index (χ4v) is 4.06. The fourth-order valence-electron chi connectivity index (χ4n) is 3.65. The lowest BCUT2D eigenvalue weighted by molar-refractivity contribution is 0.115. The van der Waals surface area contributed by atoms with E-state index in [1.165, 1.54) is 31.5 Å². The van der Waals surface area contributed by atoms with Gasteiger partial charge in [-0.15, -0.1) is 0 Å². The SMILES string of the molecule is CC1CN2CCCCC2CN1c1ccc(Br)cc1CO. The molecule has 1 N–H and O–H groups in total. The van der Waals surface area contributed by atoms with E-state index in [4.69, 9.17) is 0 Å². The zero-order valence-electron chi connectivity index (χ0n) is 12.1. The van der Waals surface area contributed by atoms with Crippen LogP contribution in [0.25, 0.3) is 0 Å². The van der Waals surface area contributed by atoms with Crippen molar-refractivity contribution in [2.45, 2.75) is 44.9 Å². The average molecular weight is 339 g/mol. The minimum Gasteiger partial charge on any atom is -0.392 e. The average Bonchev–Trinajstić information content (AvgIpc) is 2.46. The Labute approximate surface area is 129 Å². The highest BCUT2D eigenvalue weighted by molar-refractivity contribution is 9.10. The summed E-state index contributed by atoms with van der Waals surface area (Å²) in [6.07, 6.45) is 4.02. The number of aliphatic hydroxyl groups is 1. The third-order valence-electron chi connectivity index (χ3n) is 4.71. The molecule has 2 heterocycles. The van der Waals surface area contributed by atoms with Gasteiger partial charge in [-0.1, -0.05) is 22.4 Å². The summed E-state index contributed by atoms with van der Waals surface area (Å²) in [5.41, 5.74) is 2.23. The van der Waals surface area contributed by atoms with Crippen molar-refractivity contribution in [2.75, 3.05) is 24.5 Å². The number of anilines is 1. The molecule has 2 unspecified atom stereocenters. The molecule has 2 fully saturated rings. The monoisotopic (exact) mass is 338 g/mol. The lowest BCUT2D eigenvalue weighted by Gasteiger charge is -2.48. The van der Waals surface area contributed by atoms with E-state index in [-0.39, 0.29) is 6.61 Å². The lowest BCUT2D eigenvalue weighted by Crippen LogP contribution is -2.59. The predicted octanol–water partition coefficient (Wildman–Crippen LogP) is 3.00. The number of nitrogens with zero attached hydrogens (tertiary/aromatic N) is 2. The quantitative estimate of drug-likeness (QED) is 0.897. The van der Waals surface area contributed by atoms with Crippen molar-refractivity contribution in [1.29, 1.82) is 0 Å². The van der Waals surface area contributed by atoms with Gasteiger partial charge >= 0.3 is 0 Å². The van der Waals surface area contributed by atoms with E-state index >= 15 is 0 Å². The number of piperidine rings is 1. The smallest absolute Gasteiger partial charge is 0.0702 e. The molecule has 3 nitrogen and oxygen atoms in total. The molecule has 4 heteroatoms. The van der Waals surface area contributed by atoms with Gasteiger partial charge < -0.3 is 10.0 Å². The third-order valence-corrected chi connectivity index (χ3v) is 5.20. The molecule has 0 bridgehead atoms. The van der Waals surface area contributed by atoms with E-state index in [1.54, 1.807) is 0 Å². The van der Waals surface area contributed by atoms with Gasteiger partial charge in [0, 0.05) is 40.9 Å². The van der Waals surface area contributed by atoms with Crippen LogP contribution in [0.4, 0.5) is 5.69 Å². The topological polar surface area (TPSA) is 26.7 Å². The number of fused-ring (bicyclic) bond motifs is 1. The molecule has 110 valence electrons. The van der Waals surface area contributed by atoms with Gasteiger partial charge in [-0.3, -0.25) is 4.90 Å². The van der Waals surface area contributed by atoms with Crippen molar-refractivity contribution < 1.29 is 5.11 Å². The Morgan fingerprint density at radius 2 is 2.15 bits per heavy atom. The fraction of sp³-hybridized carbons (Fsp3) is 0.625. The molecule has 0 saturated carbocycles. The van der Waals surface area contributed by atoms with Gasteiger partial charge in [0.2, 0.25) is 0 Å². The zero-order valence-corrected chi connectivity index (χ0v) is 13.6. The number of aliphatic hydroxyl groups excluding tert-OH is 1. The highest BCUT2D eigenvalue weighted by Gasteiger charge is 2.33. The Morgan fingerprint density at radius 1 is 1.30 bits per heavy atom. The highest BCUT2D eigenvalue weighted by Crippen LogP contribution is 2.31. The van der Waals surface area contributed by atoms with Crippen molar-refractivity contribution in [3.05, 3.63) is 28.2 Å². The summed E-state index contributed by atoms with van der Waals surface area (Å²) >= 11 is 3.49. The molecule has 2 atom stereocenters. The minimum absolute atomic E-state index is 0.104. The standard InChI is InChI=1S/C16H23BrN2O/c1-12-9-18-7-3-2-4-15(18)10-19(12)16-6-5-14(17)8-13(16)11-20/h5-6,8,12,15,20H,2-4,7,9-11H2,1H3. The third kappa shape index (κ3) is 2.74. The summed E-state index contributed by atoms with van der Waals surface area (Å²) in [4.78, 5) is 5.15. The van der Waals surface area contributed by atoms with Gasteiger partial charge in [-0.25, -0.2) is 0 Å². The second-order valence-electron chi connectivity index (χ2n) is 6.08. The first-order valence-corrected chi connectivity index (χ1v) is 8.38. The van der Waals surface area contributed by atoms with Gasteiger partial charge in [-0.05, 0) is 44.5 Å². The van der Waals surface area contributed by atoms with Crippen LogP contribution in [0.2, 0.25) is 0 Å². The van der Waals surface area contributed by atoms with Crippen molar-refractivity contribution in [2.24, 2.45) is 0 Å². The summed E-state index contributed by atoms with van der Waals surface area (Å²) in [6.45, 7) is 5.90. The first-order chi connectivity index (χ1) is 9.69. The number of hydrogen-bond acceptors (Lipinski definition) is 3. The molecule has 20 heavy (non-hydrogen) atoms. The molecule has 0 radical (unpaired) electrons. The van der Waals surface area contributed by atoms with Crippen molar-refractivity contribution in [3.63, 3.8) is 0 Å². The number of benzene rings is 1. The number of piperazine rings is 1. The predicted molar refractivity (Wildman–Crippen MR) is 86.1 cm³/mol. The molecule has 0 aliphatic carbocycles. The van der Waals surface area contributed by atoms with E-state index in [0.29, 0.717) is 12.1 Å². The normalized spacial score (nSPS) is 27.4. The van der Waals surface area contributed by atoms with E-state index < -0.39 is 0 Å². The highest BCUT2D eigenvalue weighted by atomic mass is 79.9. The first kappa shape index (κ1) is 14.4. The van der Waals surface area contributed by atoms with Crippen LogP contribution >= 0.6 is 15.9 Å². The molecule has 1 aromatic carbocycles. The maximum absolute atomic E-state index is 9.63. The van der Waals surface area contributed by atoms with E-state index in [1.807, 2.05) is 6.07 Å². The summed E-state index contributed by atoms with van der Waals surface area (Å²) in [5, 5.41) is 9.63. The van der Waals surface area contributed by atoms with Crippen molar-refractivity contribution in [1.82, 2.24) is 4.90 Å². The lowest BCUT2D eigenvalue weighted by atomic mass is 9.96. The Balaban J connectivity index is 1.85. The maximum Gasteiger partial charge on any atom is 0.0702 e. The van der Waals surface area contributed by atoms with Crippen LogP contribution in [0, 0.1) is 0 Å². The minimum atomic E-state index is 0.104. The molecular weight excluding hydrogens is 316 g/mol. The van der Waals surface area contributed by atoms with E-state index in [0.717, 1.165) is 23.1 Å². The van der Waals surface area contributed by atoms with Gasteiger partial charge in [-0.2, -0.15) is 0 Å². The molecule has 0 spiro atoms. The second kappa shape index (κ2) is 6.04. The summed E-state index contributed by atoms with van der Waals surface area (Å²) < 4.78 is 1.04. The van der Waals surface area contributed by atoms with Crippen molar-refractivity contribution in [3.8, 4) is 0 Å². The number of halogens is 1. The second-order valence-corrected chi connectivity index (χ2v) is 6.99. The Bertz CT molecular complexity index is 480. The summed E-state index contributed by atoms with van der Waals surface area (Å²) in [6, 6.07) is 7.46. The van der Waals surface area contributed by atoms with Crippen molar-refractivity contribution >= 4 is 21.6 Å². The van der Waals surface area contributed by atoms with Crippen LogP contribution < -0.4 is 4.90 Å². The van der Waals surface area contributed by atoms with Crippen LogP contribution in [0.5, 0.6) is 0 Å². The maximum atomic E-state index is 9.63. The van der Waals surface area contributed by atoms with Crippen LogP contribution in [-0.2, 0) is 6.61 Å². The largest absolute Gasteiger partial charge is 0.392 e. The molecule has 2 aliphatic heterocycles. The molecule has 3 rings (SSSR count). The number of rotatable bonds is 2. The molecule has 0 aromatic heterocycles. The molecule has 1 aromatic rings. The number of hydrogen-bond donors (Lipinski definition) is 1. The van der Waals surface area contributed by atoms with Gasteiger partial charge in [0.25, 0.3) is 0 Å². The molecule has 2 aliphatic rings. The van der Waals surface area contributed by atoms with Gasteiger partial charge in [0.05, 0.1) is 6.61 Å². The van der Waals surface area contributed by atoms with Crippen LogP contribution in [0.1, 0.15) is 31.7 Å². The molecule has 0 amide bonds. The van der Waals surface area contributed by atoms with Gasteiger partial charge in [0.15, 0.2) is 0 Å².